The molecule has 0 aliphatic carbocycles. The molecule has 0 amide bonds. The summed E-state index contributed by atoms with van der Waals surface area (Å²) in [6.45, 7) is 4.33. The standard InChI is InChI=1S/C14H23N3O/c1-2-10-18-14(6-1)12-16-8-3-5-13(16)11-17-9-4-7-15-17/h4,7,9,13-14H,1-3,5-6,8,10-12H2/t13-,14+/m1/s1. The number of hydrogen-bond donors (Lipinski definition) is 0. The molecule has 2 atom stereocenters. The zero-order valence-electron chi connectivity index (χ0n) is 11.0. The second kappa shape index (κ2) is 5.85. The second-order valence-electron chi connectivity index (χ2n) is 5.51. The molecule has 0 N–H and O–H groups in total. The molecular weight excluding hydrogens is 226 g/mol. The van der Waals surface area contributed by atoms with Crippen molar-refractivity contribution in [3.63, 3.8) is 0 Å². The molecule has 4 heteroatoms. The number of aromatic nitrogens is 2. The van der Waals surface area contributed by atoms with Gasteiger partial charge >= 0.3 is 0 Å². The van der Waals surface area contributed by atoms with Crippen LogP contribution in [-0.4, -0.2) is 46.5 Å². The first-order chi connectivity index (χ1) is 8.92. The van der Waals surface area contributed by atoms with Crippen LogP contribution in [0.15, 0.2) is 18.5 Å². The fourth-order valence-electron chi connectivity index (χ4n) is 3.18. The number of ether oxygens (including phenoxy) is 1. The molecule has 2 saturated heterocycles. The minimum absolute atomic E-state index is 0.469. The number of likely N-dealkylation sites (tertiary alicyclic amines) is 1. The van der Waals surface area contributed by atoms with Gasteiger partial charge in [-0.05, 0) is 44.7 Å². The van der Waals surface area contributed by atoms with Crippen molar-refractivity contribution in [2.75, 3.05) is 19.7 Å². The average Bonchev–Trinajstić information content (AvgIpc) is 3.04. The maximum Gasteiger partial charge on any atom is 0.0702 e. The Hall–Kier alpha value is -0.870. The summed E-state index contributed by atoms with van der Waals surface area (Å²) < 4.78 is 7.92. The minimum atomic E-state index is 0.469. The van der Waals surface area contributed by atoms with Crippen molar-refractivity contribution in [1.29, 1.82) is 0 Å². The van der Waals surface area contributed by atoms with Crippen LogP contribution in [0.5, 0.6) is 0 Å². The van der Waals surface area contributed by atoms with Gasteiger partial charge in [-0.15, -0.1) is 0 Å². The van der Waals surface area contributed by atoms with Gasteiger partial charge in [0.05, 0.1) is 12.6 Å². The van der Waals surface area contributed by atoms with E-state index >= 15 is 0 Å². The van der Waals surface area contributed by atoms with Crippen LogP contribution < -0.4 is 0 Å². The lowest BCUT2D eigenvalue weighted by Gasteiger charge is -2.31. The van der Waals surface area contributed by atoms with Gasteiger partial charge in [-0.3, -0.25) is 9.58 Å². The highest BCUT2D eigenvalue weighted by Crippen LogP contribution is 2.22. The summed E-state index contributed by atoms with van der Waals surface area (Å²) in [6.07, 6.45) is 10.8. The molecule has 0 radical (unpaired) electrons. The van der Waals surface area contributed by atoms with Crippen LogP contribution in [-0.2, 0) is 11.3 Å². The van der Waals surface area contributed by atoms with Crippen molar-refractivity contribution in [1.82, 2.24) is 14.7 Å². The van der Waals surface area contributed by atoms with E-state index in [9.17, 15) is 0 Å². The predicted molar refractivity (Wildman–Crippen MR) is 70.4 cm³/mol. The smallest absolute Gasteiger partial charge is 0.0702 e. The zero-order valence-corrected chi connectivity index (χ0v) is 11.0. The van der Waals surface area contributed by atoms with E-state index in [1.165, 1.54) is 38.6 Å². The van der Waals surface area contributed by atoms with Crippen molar-refractivity contribution >= 4 is 0 Å². The highest BCUT2D eigenvalue weighted by atomic mass is 16.5. The van der Waals surface area contributed by atoms with Crippen molar-refractivity contribution in [2.45, 2.75) is 50.8 Å². The van der Waals surface area contributed by atoms with Gasteiger partial charge in [-0.1, -0.05) is 0 Å². The first kappa shape index (κ1) is 12.2. The van der Waals surface area contributed by atoms with E-state index in [0.717, 1.165) is 19.7 Å². The van der Waals surface area contributed by atoms with Crippen LogP contribution >= 0.6 is 0 Å². The van der Waals surface area contributed by atoms with E-state index in [0.29, 0.717) is 12.1 Å². The van der Waals surface area contributed by atoms with Gasteiger partial charge in [0.1, 0.15) is 0 Å². The van der Waals surface area contributed by atoms with Crippen LogP contribution in [0.3, 0.4) is 0 Å². The highest BCUT2D eigenvalue weighted by Gasteiger charge is 2.28. The third-order valence-corrected chi connectivity index (χ3v) is 4.17. The van der Waals surface area contributed by atoms with Gasteiger partial charge in [-0.25, -0.2) is 0 Å². The Morgan fingerprint density at radius 2 is 2.17 bits per heavy atom. The monoisotopic (exact) mass is 249 g/mol. The van der Waals surface area contributed by atoms with E-state index in [2.05, 4.69) is 20.9 Å². The lowest BCUT2D eigenvalue weighted by molar-refractivity contribution is -0.00910. The van der Waals surface area contributed by atoms with Crippen molar-refractivity contribution in [3.05, 3.63) is 18.5 Å². The lowest BCUT2D eigenvalue weighted by atomic mass is 10.1. The molecule has 1 aromatic heterocycles. The third kappa shape index (κ3) is 2.93. The summed E-state index contributed by atoms with van der Waals surface area (Å²) >= 11 is 0. The molecule has 0 aromatic carbocycles. The lowest BCUT2D eigenvalue weighted by Crippen LogP contribution is -2.40. The molecule has 2 aliphatic rings. The quantitative estimate of drug-likeness (QED) is 0.816. The van der Waals surface area contributed by atoms with Gasteiger partial charge in [0, 0.05) is 31.6 Å². The molecule has 2 fully saturated rings. The van der Waals surface area contributed by atoms with Crippen LogP contribution in [0.1, 0.15) is 32.1 Å². The molecule has 2 aliphatic heterocycles. The molecule has 18 heavy (non-hydrogen) atoms. The fraction of sp³-hybridized carbons (Fsp3) is 0.786. The zero-order chi connectivity index (χ0) is 12.2. The highest BCUT2D eigenvalue weighted by molar-refractivity contribution is 4.85. The molecule has 3 rings (SSSR count). The largest absolute Gasteiger partial charge is 0.377 e. The van der Waals surface area contributed by atoms with E-state index in [-0.39, 0.29) is 0 Å². The summed E-state index contributed by atoms with van der Waals surface area (Å²) in [5.41, 5.74) is 0. The summed E-state index contributed by atoms with van der Waals surface area (Å²) in [7, 11) is 0. The van der Waals surface area contributed by atoms with Crippen LogP contribution in [0.25, 0.3) is 0 Å². The molecule has 3 heterocycles. The first-order valence-electron chi connectivity index (χ1n) is 7.25. The van der Waals surface area contributed by atoms with Gasteiger partial charge in [0.2, 0.25) is 0 Å². The maximum absolute atomic E-state index is 5.86. The topological polar surface area (TPSA) is 30.3 Å². The summed E-state index contributed by atoms with van der Waals surface area (Å²) in [6, 6.07) is 2.65. The fourth-order valence-corrected chi connectivity index (χ4v) is 3.18. The van der Waals surface area contributed by atoms with Gasteiger partial charge in [0.25, 0.3) is 0 Å². The Labute approximate surface area is 109 Å². The number of hydrogen-bond acceptors (Lipinski definition) is 3. The summed E-state index contributed by atoms with van der Waals surface area (Å²) in [4.78, 5) is 2.61. The van der Waals surface area contributed by atoms with Crippen LogP contribution in [0.4, 0.5) is 0 Å². The Kier molecular flexibility index (Phi) is 3.96. The third-order valence-electron chi connectivity index (χ3n) is 4.17. The number of rotatable bonds is 4. The Balaban J connectivity index is 1.53. The van der Waals surface area contributed by atoms with Gasteiger partial charge in [0.15, 0.2) is 0 Å². The van der Waals surface area contributed by atoms with Crippen molar-refractivity contribution in [3.8, 4) is 0 Å². The minimum Gasteiger partial charge on any atom is -0.377 e. The normalized spacial score (nSPS) is 29.8. The van der Waals surface area contributed by atoms with Crippen molar-refractivity contribution < 1.29 is 4.74 Å². The molecule has 0 saturated carbocycles. The van der Waals surface area contributed by atoms with E-state index in [4.69, 9.17) is 4.74 Å². The molecule has 0 unspecified atom stereocenters. The molecule has 0 spiro atoms. The molecule has 1 aromatic rings. The average molecular weight is 249 g/mol. The summed E-state index contributed by atoms with van der Waals surface area (Å²) in [5, 5.41) is 4.32. The van der Waals surface area contributed by atoms with Gasteiger partial charge < -0.3 is 4.74 Å². The molecule has 4 nitrogen and oxygen atoms in total. The SMILES string of the molecule is c1cnn(C[C@H]2CCCN2C[C@@H]2CCCCO2)c1. The second-order valence-corrected chi connectivity index (χ2v) is 5.51. The Morgan fingerprint density at radius 1 is 1.17 bits per heavy atom. The maximum atomic E-state index is 5.86. The molecule has 100 valence electrons. The van der Waals surface area contributed by atoms with E-state index < -0.39 is 0 Å². The van der Waals surface area contributed by atoms with E-state index in [1.807, 2.05) is 12.3 Å². The van der Waals surface area contributed by atoms with Gasteiger partial charge in [-0.2, -0.15) is 5.10 Å². The van der Waals surface area contributed by atoms with Crippen LogP contribution in [0, 0.1) is 0 Å². The predicted octanol–water partition coefficient (Wildman–Crippen LogP) is 1.92. The Bertz CT molecular complexity index is 346. The first-order valence-corrected chi connectivity index (χ1v) is 7.25. The molecule has 0 bridgehead atoms. The molecular formula is C14H23N3O. The number of nitrogens with zero attached hydrogens (tertiary/aromatic N) is 3. The van der Waals surface area contributed by atoms with Crippen LogP contribution in [0.2, 0.25) is 0 Å². The van der Waals surface area contributed by atoms with E-state index in [1.54, 1.807) is 0 Å². The Morgan fingerprint density at radius 3 is 2.94 bits per heavy atom. The summed E-state index contributed by atoms with van der Waals surface area (Å²) in [5.74, 6) is 0. The van der Waals surface area contributed by atoms with Crippen molar-refractivity contribution in [2.24, 2.45) is 0 Å².